The molecule has 0 bridgehead atoms. The molecule has 1 aliphatic heterocycles. The van der Waals surface area contributed by atoms with Gasteiger partial charge in [-0.15, -0.1) is 5.10 Å². The number of hydrogen-bond acceptors (Lipinski definition) is 4. The molecular formula is C16H17BClF2N3O2. The molecule has 5 nitrogen and oxygen atoms in total. The summed E-state index contributed by atoms with van der Waals surface area (Å²) in [5.74, 6) is -0.556. The third-order valence-corrected chi connectivity index (χ3v) is 4.67. The van der Waals surface area contributed by atoms with Gasteiger partial charge in [-0.3, -0.25) is 0 Å². The standard InChI is InChI=1S/C16H17BClF2N3O2/c1-15(2)16(3,4)25-17(24-15)14(20)8-11-9-23(22-21-11)13-6-5-10(18)7-12(13)19/h5-9H,1-4H3. The fourth-order valence-electron chi connectivity index (χ4n) is 2.29. The smallest absolute Gasteiger partial charge is 0.398 e. The number of nitrogens with zero attached hydrogens (tertiary/aromatic N) is 3. The van der Waals surface area contributed by atoms with Crippen LogP contribution in [0.3, 0.4) is 0 Å². The Morgan fingerprint density at radius 3 is 2.48 bits per heavy atom. The summed E-state index contributed by atoms with van der Waals surface area (Å²) in [6.45, 7) is 7.33. The molecule has 3 rings (SSSR count). The van der Waals surface area contributed by atoms with Gasteiger partial charge in [-0.2, -0.15) is 0 Å². The maximum atomic E-state index is 14.5. The van der Waals surface area contributed by atoms with Crippen LogP contribution < -0.4 is 0 Å². The Labute approximate surface area is 149 Å². The van der Waals surface area contributed by atoms with Crippen molar-refractivity contribution >= 4 is 24.8 Å². The van der Waals surface area contributed by atoms with Gasteiger partial charge < -0.3 is 9.31 Å². The molecule has 0 amide bonds. The lowest BCUT2D eigenvalue weighted by molar-refractivity contribution is 0.00578. The zero-order valence-electron chi connectivity index (χ0n) is 14.3. The largest absolute Gasteiger partial charge is 0.525 e. The van der Waals surface area contributed by atoms with Crippen LogP contribution >= 0.6 is 11.6 Å². The molecule has 1 fully saturated rings. The fourth-order valence-corrected chi connectivity index (χ4v) is 2.45. The quantitative estimate of drug-likeness (QED) is 0.769. The van der Waals surface area contributed by atoms with Gasteiger partial charge in [-0.05, 0) is 52.0 Å². The van der Waals surface area contributed by atoms with Crippen molar-refractivity contribution in [2.75, 3.05) is 0 Å². The van der Waals surface area contributed by atoms with E-state index in [0.717, 1.165) is 6.08 Å². The molecule has 1 saturated heterocycles. The van der Waals surface area contributed by atoms with Crippen LogP contribution in [-0.4, -0.2) is 33.3 Å². The summed E-state index contributed by atoms with van der Waals surface area (Å²) in [5.41, 5.74) is -1.56. The second-order valence-electron chi connectivity index (χ2n) is 6.80. The van der Waals surface area contributed by atoms with Crippen LogP contribution in [0.15, 0.2) is 30.1 Å². The summed E-state index contributed by atoms with van der Waals surface area (Å²) in [4.78, 5) is 0. The van der Waals surface area contributed by atoms with Crippen LogP contribution in [0.25, 0.3) is 11.8 Å². The maximum Gasteiger partial charge on any atom is 0.525 e. The Morgan fingerprint density at radius 2 is 1.88 bits per heavy atom. The van der Waals surface area contributed by atoms with E-state index in [1.807, 2.05) is 27.7 Å². The number of rotatable bonds is 3. The van der Waals surface area contributed by atoms with E-state index >= 15 is 0 Å². The van der Waals surface area contributed by atoms with E-state index in [4.69, 9.17) is 20.9 Å². The summed E-state index contributed by atoms with van der Waals surface area (Å²) in [6, 6.07) is 4.16. The van der Waals surface area contributed by atoms with E-state index < -0.39 is 29.9 Å². The number of aromatic nitrogens is 3. The summed E-state index contributed by atoms with van der Waals surface area (Å²) < 4.78 is 40.8. The molecule has 1 aliphatic rings. The minimum absolute atomic E-state index is 0.160. The molecule has 1 aromatic heterocycles. The number of halogens is 3. The Balaban J connectivity index is 1.82. The van der Waals surface area contributed by atoms with Crippen molar-refractivity contribution in [2.45, 2.75) is 38.9 Å². The van der Waals surface area contributed by atoms with Crippen LogP contribution in [0, 0.1) is 5.82 Å². The first-order chi connectivity index (χ1) is 11.6. The highest BCUT2D eigenvalue weighted by Gasteiger charge is 2.53. The molecule has 0 spiro atoms. The average molecular weight is 368 g/mol. The molecule has 132 valence electrons. The predicted octanol–water partition coefficient (Wildman–Crippen LogP) is 4.00. The summed E-state index contributed by atoms with van der Waals surface area (Å²) in [5, 5.41) is 7.90. The van der Waals surface area contributed by atoms with E-state index in [1.165, 1.54) is 29.1 Å². The van der Waals surface area contributed by atoms with Gasteiger partial charge in [0.25, 0.3) is 0 Å². The van der Waals surface area contributed by atoms with Gasteiger partial charge >= 0.3 is 7.12 Å². The Bertz CT molecular complexity index is 823. The third-order valence-electron chi connectivity index (χ3n) is 4.43. The number of hydrogen-bond donors (Lipinski definition) is 0. The van der Waals surface area contributed by atoms with E-state index in [-0.39, 0.29) is 16.4 Å². The Kier molecular flexibility index (Phi) is 4.47. The lowest BCUT2D eigenvalue weighted by Gasteiger charge is -2.32. The van der Waals surface area contributed by atoms with Crippen molar-refractivity contribution in [3.05, 3.63) is 46.7 Å². The van der Waals surface area contributed by atoms with Gasteiger partial charge in [-0.1, -0.05) is 16.8 Å². The molecule has 0 saturated carbocycles. The molecule has 1 aromatic carbocycles. The van der Waals surface area contributed by atoms with Crippen molar-refractivity contribution in [3.63, 3.8) is 0 Å². The van der Waals surface area contributed by atoms with E-state index in [9.17, 15) is 8.78 Å². The fraction of sp³-hybridized carbons (Fsp3) is 0.375. The predicted molar refractivity (Wildman–Crippen MR) is 91.5 cm³/mol. The zero-order chi connectivity index (χ0) is 18.4. The molecule has 0 radical (unpaired) electrons. The second-order valence-corrected chi connectivity index (χ2v) is 7.24. The van der Waals surface area contributed by atoms with Gasteiger partial charge in [0.05, 0.1) is 17.4 Å². The molecule has 0 N–H and O–H groups in total. The van der Waals surface area contributed by atoms with Crippen LogP contribution in [0.4, 0.5) is 8.78 Å². The van der Waals surface area contributed by atoms with Crippen molar-refractivity contribution in [1.82, 2.24) is 15.0 Å². The average Bonchev–Trinajstić information content (AvgIpc) is 3.01. The lowest BCUT2D eigenvalue weighted by Crippen LogP contribution is -2.41. The first kappa shape index (κ1) is 18.0. The molecule has 0 aliphatic carbocycles. The molecular weight excluding hydrogens is 350 g/mol. The SMILES string of the molecule is CC1(C)OB(C(F)=Cc2cn(-c3ccc(Cl)cc3F)nn2)OC1(C)C. The van der Waals surface area contributed by atoms with Gasteiger partial charge in [0, 0.05) is 5.02 Å². The van der Waals surface area contributed by atoms with E-state index in [2.05, 4.69) is 10.3 Å². The molecule has 25 heavy (non-hydrogen) atoms. The zero-order valence-corrected chi connectivity index (χ0v) is 15.0. The highest BCUT2D eigenvalue weighted by molar-refractivity contribution is 6.54. The van der Waals surface area contributed by atoms with Gasteiger partial charge in [0.2, 0.25) is 0 Å². The summed E-state index contributed by atoms with van der Waals surface area (Å²) in [7, 11) is -1.12. The Hall–Kier alpha value is -1.77. The normalized spacial score (nSPS) is 19.5. The molecule has 0 unspecified atom stereocenters. The summed E-state index contributed by atoms with van der Waals surface area (Å²) >= 11 is 5.73. The van der Waals surface area contributed by atoms with Gasteiger partial charge in [0.1, 0.15) is 22.9 Å². The molecule has 0 atom stereocenters. The van der Waals surface area contributed by atoms with E-state index in [0.29, 0.717) is 0 Å². The third kappa shape index (κ3) is 3.47. The molecule has 2 heterocycles. The molecule has 2 aromatic rings. The van der Waals surface area contributed by atoms with E-state index in [1.54, 1.807) is 0 Å². The van der Waals surface area contributed by atoms with Crippen molar-refractivity contribution in [2.24, 2.45) is 0 Å². The maximum absolute atomic E-state index is 14.5. The van der Waals surface area contributed by atoms with Crippen molar-refractivity contribution < 1.29 is 18.1 Å². The highest BCUT2D eigenvalue weighted by Crippen LogP contribution is 2.39. The first-order valence-corrected chi connectivity index (χ1v) is 8.07. The summed E-state index contributed by atoms with van der Waals surface area (Å²) in [6.07, 6.45) is 2.55. The van der Waals surface area contributed by atoms with Gasteiger partial charge in [-0.25, -0.2) is 13.5 Å². The highest BCUT2D eigenvalue weighted by atomic mass is 35.5. The second kappa shape index (κ2) is 6.19. The van der Waals surface area contributed by atoms with Crippen LogP contribution in [0.1, 0.15) is 33.4 Å². The van der Waals surface area contributed by atoms with Crippen LogP contribution in [0.5, 0.6) is 0 Å². The van der Waals surface area contributed by atoms with Crippen molar-refractivity contribution in [3.8, 4) is 5.69 Å². The van der Waals surface area contributed by atoms with Crippen molar-refractivity contribution in [1.29, 1.82) is 0 Å². The van der Waals surface area contributed by atoms with Crippen LogP contribution in [0.2, 0.25) is 5.02 Å². The minimum atomic E-state index is -1.12. The Morgan fingerprint density at radius 1 is 1.24 bits per heavy atom. The first-order valence-electron chi connectivity index (χ1n) is 7.69. The monoisotopic (exact) mass is 367 g/mol. The van der Waals surface area contributed by atoms with Crippen LogP contribution in [-0.2, 0) is 9.31 Å². The topological polar surface area (TPSA) is 49.2 Å². The van der Waals surface area contributed by atoms with Gasteiger partial charge in [0.15, 0.2) is 0 Å². The number of benzene rings is 1. The molecule has 9 heteroatoms. The minimum Gasteiger partial charge on any atom is -0.398 e. The lowest BCUT2D eigenvalue weighted by atomic mass is 9.87.